The molecule has 7 heteroatoms. The molecule has 1 atom stereocenters. The third kappa shape index (κ3) is 6.01. The van der Waals surface area contributed by atoms with Gasteiger partial charge in [-0.05, 0) is 74.7 Å². The fraction of sp³-hybridized carbons (Fsp3) is 0.545. The zero-order chi connectivity index (χ0) is 20.8. The Bertz CT molecular complexity index is 890. The van der Waals surface area contributed by atoms with Crippen LogP contribution < -0.4 is 10.9 Å². The van der Waals surface area contributed by atoms with Crippen molar-refractivity contribution >= 4 is 28.2 Å². The van der Waals surface area contributed by atoms with Gasteiger partial charge in [-0.3, -0.25) is 4.79 Å². The van der Waals surface area contributed by atoms with Gasteiger partial charge < -0.3 is 24.8 Å². The first kappa shape index (κ1) is 21.7. The van der Waals surface area contributed by atoms with E-state index in [1.807, 2.05) is 26.2 Å². The number of nitrogens with one attached hydrogen (secondary N) is 2. The summed E-state index contributed by atoms with van der Waals surface area (Å²) in [5, 5.41) is 5.08. The van der Waals surface area contributed by atoms with E-state index in [4.69, 9.17) is 17.0 Å². The average molecular weight is 417 g/mol. The van der Waals surface area contributed by atoms with Gasteiger partial charge >= 0.3 is 0 Å². The smallest absolute Gasteiger partial charge is 0.253 e. The lowest BCUT2D eigenvalue weighted by molar-refractivity contribution is 0.113. The van der Waals surface area contributed by atoms with Gasteiger partial charge in [0, 0.05) is 37.3 Å². The number of ether oxygens (including phenoxy) is 1. The van der Waals surface area contributed by atoms with Gasteiger partial charge in [-0.25, -0.2) is 0 Å². The molecule has 0 aliphatic carbocycles. The second-order valence-electron chi connectivity index (χ2n) is 7.94. The van der Waals surface area contributed by atoms with Gasteiger partial charge in [-0.2, -0.15) is 0 Å². The maximum Gasteiger partial charge on any atom is 0.253 e. The molecule has 0 bridgehead atoms. The van der Waals surface area contributed by atoms with Gasteiger partial charge in [0.2, 0.25) is 0 Å². The molecule has 158 valence electrons. The van der Waals surface area contributed by atoms with Gasteiger partial charge in [0.05, 0.1) is 12.6 Å². The van der Waals surface area contributed by atoms with E-state index in [1.165, 1.54) is 5.56 Å². The Labute approximate surface area is 178 Å². The summed E-state index contributed by atoms with van der Waals surface area (Å²) in [6.45, 7) is 5.76. The van der Waals surface area contributed by atoms with Crippen LogP contribution >= 0.6 is 12.2 Å². The Morgan fingerprint density at radius 1 is 1.31 bits per heavy atom. The fourth-order valence-corrected chi connectivity index (χ4v) is 3.77. The summed E-state index contributed by atoms with van der Waals surface area (Å²) < 4.78 is 5.68. The van der Waals surface area contributed by atoms with Crippen LogP contribution in [-0.4, -0.2) is 66.3 Å². The minimum atomic E-state index is -0.0569. The molecule has 1 unspecified atom stereocenters. The predicted molar refractivity (Wildman–Crippen MR) is 122 cm³/mol. The summed E-state index contributed by atoms with van der Waals surface area (Å²) in [6, 6.07) is 8.19. The lowest BCUT2D eigenvalue weighted by Gasteiger charge is -2.28. The summed E-state index contributed by atoms with van der Waals surface area (Å²) in [4.78, 5) is 19.9. The Kier molecular flexibility index (Phi) is 7.64. The van der Waals surface area contributed by atoms with Gasteiger partial charge in [-0.15, -0.1) is 0 Å². The molecule has 0 saturated carbocycles. The van der Waals surface area contributed by atoms with E-state index in [0.29, 0.717) is 18.2 Å². The van der Waals surface area contributed by atoms with Crippen molar-refractivity contribution in [3.05, 3.63) is 45.7 Å². The third-order valence-electron chi connectivity index (χ3n) is 5.36. The van der Waals surface area contributed by atoms with E-state index in [9.17, 15) is 4.79 Å². The molecule has 0 spiro atoms. The van der Waals surface area contributed by atoms with Crippen molar-refractivity contribution in [3.8, 4) is 0 Å². The number of aryl methyl sites for hydroxylation is 1. The topological polar surface area (TPSA) is 60.6 Å². The van der Waals surface area contributed by atoms with Gasteiger partial charge in [0.25, 0.3) is 5.56 Å². The molecule has 1 fully saturated rings. The molecule has 1 aliphatic heterocycles. The molecular weight excluding hydrogens is 384 g/mol. The number of aromatic nitrogens is 1. The van der Waals surface area contributed by atoms with Gasteiger partial charge in [0.1, 0.15) is 0 Å². The van der Waals surface area contributed by atoms with Crippen molar-refractivity contribution in [2.75, 3.05) is 40.3 Å². The molecule has 2 heterocycles. The minimum Gasteiger partial charge on any atom is -0.376 e. The van der Waals surface area contributed by atoms with E-state index in [-0.39, 0.29) is 11.7 Å². The zero-order valence-corrected chi connectivity index (χ0v) is 18.5. The molecule has 0 radical (unpaired) electrons. The number of thiocarbonyl (C=S) groups is 1. The van der Waals surface area contributed by atoms with Crippen molar-refractivity contribution < 1.29 is 4.74 Å². The molecule has 1 aromatic carbocycles. The second kappa shape index (κ2) is 10.2. The molecule has 1 aliphatic rings. The van der Waals surface area contributed by atoms with Crippen molar-refractivity contribution in [2.45, 2.75) is 38.8 Å². The molecule has 1 aromatic heterocycles. The fourth-order valence-electron chi connectivity index (χ4n) is 3.54. The first-order valence-corrected chi connectivity index (χ1v) is 10.8. The van der Waals surface area contributed by atoms with Crippen molar-refractivity contribution in [2.24, 2.45) is 0 Å². The van der Waals surface area contributed by atoms with Gasteiger partial charge in [0.15, 0.2) is 5.11 Å². The van der Waals surface area contributed by atoms with Crippen LogP contribution in [0, 0.1) is 0 Å². The summed E-state index contributed by atoms with van der Waals surface area (Å²) in [5.41, 5.74) is 2.80. The van der Waals surface area contributed by atoms with Crippen LogP contribution in [0.4, 0.5) is 0 Å². The minimum absolute atomic E-state index is 0.0569. The highest BCUT2D eigenvalue weighted by Gasteiger charge is 2.18. The van der Waals surface area contributed by atoms with Crippen molar-refractivity contribution in [1.82, 2.24) is 20.1 Å². The maximum absolute atomic E-state index is 12.7. The zero-order valence-electron chi connectivity index (χ0n) is 17.7. The summed E-state index contributed by atoms with van der Waals surface area (Å²) >= 11 is 5.67. The molecule has 2 N–H and O–H groups in total. The van der Waals surface area contributed by atoms with Gasteiger partial charge in [-0.1, -0.05) is 13.0 Å². The third-order valence-corrected chi connectivity index (χ3v) is 5.77. The number of nitrogens with zero attached hydrogens (tertiary/aromatic N) is 2. The number of fused-ring (bicyclic) bond motifs is 1. The summed E-state index contributed by atoms with van der Waals surface area (Å²) in [6.07, 6.45) is 3.36. The standard InChI is InChI=1S/C22H32N4O2S/c1-4-16-7-8-20-17(12-16)13-18(21(27)24-20)15-26(10-9-25(2)3)22(29)23-14-19-6-5-11-28-19/h7-8,12-13,19H,4-6,9-11,14-15H2,1-3H3,(H,23,29)(H,24,27). The lowest BCUT2D eigenvalue weighted by Crippen LogP contribution is -2.45. The lowest BCUT2D eigenvalue weighted by atomic mass is 10.1. The maximum atomic E-state index is 12.7. The number of hydrogen-bond donors (Lipinski definition) is 2. The average Bonchev–Trinajstić information content (AvgIpc) is 3.22. The quantitative estimate of drug-likeness (QED) is 0.645. The Hall–Kier alpha value is -1.96. The number of likely N-dealkylation sites (N-methyl/N-ethyl adjacent to an activating group) is 1. The number of hydrogen-bond acceptors (Lipinski definition) is 4. The predicted octanol–water partition coefficient (Wildman–Crippen LogP) is 2.51. The van der Waals surface area contributed by atoms with Crippen LogP contribution in [0.2, 0.25) is 0 Å². The van der Waals surface area contributed by atoms with Crippen molar-refractivity contribution in [3.63, 3.8) is 0 Å². The van der Waals surface area contributed by atoms with Crippen molar-refractivity contribution in [1.29, 1.82) is 0 Å². The Morgan fingerprint density at radius 2 is 2.14 bits per heavy atom. The van der Waals surface area contributed by atoms with Crippen LogP contribution in [0.3, 0.4) is 0 Å². The van der Waals surface area contributed by atoms with E-state index in [2.05, 4.69) is 39.2 Å². The highest BCUT2D eigenvalue weighted by atomic mass is 32.1. The van der Waals surface area contributed by atoms with E-state index < -0.39 is 0 Å². The highest BCUT2D eigenvalue weighted by molar-refractivity contribution is 7.80. The Morgan fingerprint density at radius 3 is 2.83 bits per heavy atom. The first-order chi connectivity index (χ1) is 14.0. The Balaban J connectivity index is 1.77. The highest BCUT2D eigenvalue weighted by Crippen LogP contribution is 2.15. The number of pyridine rings is 1. The van der Waals surface area contributed by atoms with Crippen LogP contribution in [-0.2, 0) is 17.7 Å². The normalized spacial score (nSPS) is 16.5. The molecular formula is C22H32N4O2S. The second-order valence-corrected chi connectivity index (χ2v) is 8.33. The van der Waals surface area contributed by atoms with E-state index in [1.54, 1.807) is 0 Å². The molecule has 1 saturated heterocycles. The summed E-state index contributed by atoms with van der Waals surface area (Å²) in [5.74, 6) is 0. The number of benzene rings is 1. The molecule has 29 heavy (non-hydrogen) atoms. The molecule has 2 aromatic rings. The first-order valence-electron chi connectivity index (χ1n) is 10.4. The van der Waals surface area contributed by atoms with Crippen LogP contribution in [0.15, 0.2) is 29.1 Å². The molecule has 0 amide bonds. The SMILES string of the molecule is CCc1ccc2[nH]c(=O)c(CN(CCN(C)C)C(=S)NCC3CCCO3)cc2c1. The summed E-state index contributed by atoms with van der Waals surface area (Å²) in [7, 11) is 4.08. The largest absolute Gasteiger partial charge is 0.376 e. The van der Waals surface area contributed by atoms with Crippen LogP contribution in [0.1, 0.15) is 30.9 Å². The monoisotopic (exact) mass is 416 g/mol. The van der Waals surface area contributed by atoms with Crippen LogP contribution in [0.25, 0.3) is 10.9 Å². The number of H-pyrrole nitrogens is 1. The molecule has 6 nitrogen and oxygen atoms in total. The van der Waals surface area contributed by atoms with Crippen LogP contribution in [0.5, 0.6) is 0 Å². The molecule has 3 rings (SSSR count). The van der Waals surface area contributed by atoms with E-state index >= 15 is 0 Å². The number of aromatic amines is 1. The van der Waals surface area contributed by atoms with E-state index in [0.717, 1.165) is 55.4 Å². The number of rotatable bonds is 8.